The van der Waals surface area contributed by atoms with E-state index in [4.69, 9.17) is 5.11 Å². The number of carbonyl (C=O) groups excluding carboxylic acids is 1. The van der Waals surface area contributed by atoms with Crippen LogP contribution in [0.3, 0.4) is 0 Å². The van der Waals surface area contributed by atoms with Gasteiger partial charge in [-0.1, -0.05) is 20.3 Å². The van der Waals surface area contributed by atoms with Crippen molar-refractivity contribution in [3.63, 3.8) is 0 Å². The van der Waals surface area contributed by atoms with Gasteiger partial charge in [-0.25, -0.2) is 49.4 Å². The first kappa shape index (κ1) is 50.0. The Bertz CT molecular complexity index is 3180. The van der Waals surface area contributed by atoms with E-state index < -0.39 is 55.2 Å². The molecule has 67 heavy (non-hydrogen) atoms. The first-order chi connectivity index (χ1) is 31.6. The van der Waals surface area contributed by atoms with E-state index in [0.717, 1.165) is 97.7 Å². The van der Waals surface area contributed by atoms with Gasteiger partial charge in [-0.05, 0) is 102 Å². The number of nitrogens with one attached hydrogen (secondary N) is 5. The van der Waals surface area contributed by atoms with Crippen molar-refractivity contribution < 1.29 is 40.3 Å². The molecule has 0 radical (unpaired) electrons. The van der Waals surface area contributed by atoms with Crippen molar-refractivity contribution in [3.05, 3.63) is 126 Å². The lowest BCUT2D eigenvalue weighted by Crippen LogP contribution is -2.39. The van der Waals surface area contributed by atoms with E-state index in [9.17, 15) is 44.8 Å². The van der Waals surface area contributed by atoms with Crippen LogP contribution in [0.2, 0.25) is 0 Å². The second kappa shape index (κ2) is 20.6. The van der Waals surface area contributed by atoms with Crippen molar-refractivity contribution in [3.8, 4) is 0 Å². The molecule has 0 aliphatic carbocycles. The number of carboxylic acid groups (broad SMARTS) is 1. The highest BCUT2D eigenvalue weighted by Gasteiger charge is 2.32. The van der Waals surface area contributed by atoms with E-state index in [0.29, 0.717) is 48.0 Å². The van der Waals surface area contributed by atoms with E-state index in [1.54, 1.807) is 22.4 Å². The number of rotatable bonds is 10. The number of likely N-dealkylation sites (tertiary alicyclic amines) is 1. The number of carbonyl (C=O) groups is 2. The molecular weight excluding hydrogens is 915 g/mol. The van der Waals surface area contributed by atoms with Crippen molar-refractivity contribution in [2.75, 3.05) is 35.0 Å². The summed E-state index contributed by atoms with van der Waals surface area (Å²) >= 11 is 0. The summed E-state index contributed by atoms with van der Waals surface area (Å²) in [6.07, 6.45) is 8.95. The summed E-state index contributed by atoms with van der Waals surface area (Å²) in [5, 5.41) is 18.5. The molecule has 8 rings (SSSR count). The average molecular weight is 969 g/mol. The van der Waals surface area contributed by atoms with Crippen LogP contribution in [0.5, 0.6) is 0 Å². The van der Waals surface area contributed by atoms with Crippen LogP contribution in [0.4, 0.5) is 20.2 Å². The van der Waals surface area contributed by atoms with Gasteiger partial charge in [-0.3, -0.25) is 34.0 Å². The zero-order valence-corrected chi connectivity index (χ0v) is 39.5. The molecule has 0 saturated carbocycles. The number of carboxylic acids is 1. The summed E-state index contributed by atoms with van der Waals surface area (Å²) in [5.74, 6) is -3.28. The third kappa shape index (κ3) is 11.9. The summed E-state index contributed by atoms with van der Waals surface area (Å²) < 4.78 is 79.2. The van der Waals surface area contributed by atoms with Crippen LogP contribution in [-0.2, 0) is 32.9 Å². The number of aryl methyl sites for hydroxylation is 2. The fourth-order valence-electron chi connectivity index (χ4n) is 8.27. The van der Waals surface area contributed by atoms with Gasteiger partial charge >= 0.3 is 5.97 Å². The molecule has 6 aromatic rings. The number of amides is 1. The molecule has 0 bridgehead atoms. The number of halogens is 2. The number of aromatic carboxylic acids is 1. The normalized spacial score (nSPS) is 16.4. The fourth-order valence-corrected chi connectivity index (χ4v) is 9.43. The van der Waals surface area contributed by atoms with Crippen molar-refractivity contribution >= 4 is 54.6 Å². The van der Waals surface area contributed by atoms with Gasteiger partial charge in [0.2, 0.25) is 20.0 Å². The molecule has 2 aliphatic rings. The van der Waals surface area contributed by atoms with Crippen LogP contribution in [0.15, 0.2) is 58.1 Å². The maximum absolute atomic E-state index is 14.0. The Balaban J connectivity index is 0.000000184. The topological polar surface area (TPSA) is 262 Å². The van der Waals surface area contributed by atoms with E-state index in [1.165, 1.54) is 23.4 Å². The molecule has 6 heterocycles. The minimum absolute atomic E-state index is 0.0194. The lowest BCUT2D eigenvalue weighted by molar-refractivity contribution is 0.0605. The lowest BCUT2D eigenvalue weighted by atomic mass is 9.98. The molecule has 2 aromatic carbocycles. The first-order valence-electron chi connectivity index (χ1n) is 21.6. The van der Waals surface area contributed by atoms with Crippen LogP contribution in [0.25, 0.3) is 11.3 Å². The maximum atomic E-state index is 14.0. The molecular formula is C44H54F2N10O9S2. The Morgan fingerprint density at radius 2 is 1.22 bits per heavy atom. The highest BCUT2D eigenvalue weighted by molar-refractivity contribution is 7.92. The Labute approximate surface area is 385 Å². The molecule has 2 saturated heterocycles. The van der Waals surface area contributed by atoms with Gasteiger partial charge in [0.15, 0.2) is 11.3 Å². The van der Waals surface area contributed by atoms with Gasteiger partial charge in [0.25, 0.3) is 17.0 Å². The number of H-pyrrole nitrogens is 2. The van der Waals surface area contributed by atoms with Crippen LogP contribution in [0, 0.1) is 25.5 Å². The molecule has 2 aliphatic heterocycles. The predicted molar refractivity (Wildman–Crippen MR) is 249 cm³/mol. The molecule has 19 nitrogen and oxygen atoms in total. The molecule has 23 heteroatoms. The number of aromatic nitrogens is 6. The lowest BCUT2D eigenvalue weighted by Gasteiger charge is -2.35. The number of hydrogen-bond donors (Lipinski definition) is 6. The number of fused-ring (bicyclic) bond motifs is 2. The number of benzene rings is 2. The minimum Gasteiger partial charge on any atom is -0.478 e. The number of aromatic amines is 2. The monoisotopic (exact) mass is 968 g/mol. The second-order valence-corrected chi connectivity index (χ2v) is 19.9. The van der Waals surface area contributed by atoms with E-state index in [-0.39, 0.29) is 28.1 Å². The maximum Gasteiger partial charge on any atom is 0.337 e. The van der Waals surface area contributed by atoms with Crippen molar-refractivity contribution in [1.29, 1.82) is 0 Å². The number of hydrogen-bond acceptors (Lipinski definition) is 11. The van der Waals surface area contributed by atoms with Crippen molar-refractivity contribution in [2.45, 2.75) is 91.1 Å². The fraction of sp³-hybridized carbons (Fsp3) is 0.409. The number of piperidine rings is 2. The Morgan fingerprint density at radius 3 is 1.72 bits per heavy atom. The van der Waals surface area contributed by atoms with Crippen LogP contribution in [0.1, 0.15) is 119 Å². The smallest absolute Gasteiger partial charge is 0.337 e. The molecule has 0 unspecified atom stereocenters. The zero-order valence-electron chi connectivity index (χ0n) is 37.9. The van der Waals surface area contributed by atoms with Crippen LogP contribution < -0.4 is 25.9 Å². The average Bonchev–Trinajstić information content (AvgIpc) is 3.90. The summed E-state index contributed by atoms with van der Waals surface area (Å²) in [6, 6.07) is 9.83. The van der Waals surface area contributed by atoms with Crippen LogP contribution >= 0.6 is 0 Å². The largest absolute Gasteiger partial charge is 0.478 e. The van der Waals surface area contributed by atoms with Crippen LogP contribution in [-0.4, -0.2) is 93.5 Å². The highest BCUT2D eigenvalue weighted by atomic mass is 32.2. The van der Waals surface area contributed by atoms with E-state index in [1.807, 2.05) is 31.6 Å². The Kier molecular flexibility index (Phi) is 15.4. The number of anilines is 2. The molecule has 6 N–H and O–H groups in total. The van der Waals surface area contributed by atoms with Gasteiger partial charge in [-0.15, -0.1) is 0 Å². The standard InChI is InChI=1S/C22H26FN5O4S.C14H20N4O.C8H8FNO4S/c1-4-15-13(2)24-20-12-18(25-28(20)22(15)30)19-7-5-6-10-27(19)21(29)16-11-14(23)8-9-17(16)26-33(3,31)32;1-3-10-9(2)16-13-8-12(17-18(13)14(10)19)11-6-4-5-7-15-11;1-15(13,14)10-7-3-2-5(9)4-6(7)8(11)12/h8-9,11-12,19,25-26H,4-7,10H2,1-3H3;8,11,15,17H,3-7H2,1-2H3;2-4,10H,1H3,(H,11,12)/t19-;11-;/m00./s1. The Morgan fingerprint density at radius 1 is 0.731 bits per heavy atom. The van der Waals surface area contributed by atoms with Crippen molar-refractivity contribution in [1.82, 2.24) is 39.4 Å². The van der Waals surface area contributed by atoms with Gasteiger partial charge < -0.3 is 15.3 Å². The summed E-state index contributed by atoms with van der Waals surface area (Å²) in [5.41, 5.74) is 5.05. The summed E-state index contributed by atoms with van der Waals surface area (Å²) in [6.45, 7) is 9.04. The number of sulfonamides is 2. The second-order valence-electron chi connectivity index (χ2n) is 16.4. The SMILES string of the molecule is CCc1c(C)nc2cc([C@@H]3CCCCN3)[nH]n2c1=O.CCc1c(C)nc2cc([C@@H]3CCCCN3C(=O)c3cc(F)ccc3NS(C)(=O)=O)[nH]n2c1=O.CS(=O)(=O)Nc1ccc(F)cc1C(=O)O. The summed E-state index contributed by atoms with van der Waals surface area (Å²) in [4.78, 5) is 60.0. The zero-order chi connectivity index (χ0) is 49.0. The van der Waals surface area contributed by atoms with E-state index in [2.05, 4.69) is 30.2 Å². The van der Waals surface area contributed by atoms with Gasteiger partial charge in [-0.2, -0.15) is 0 Å². The molecule has 2 atom stereocenters. The van der Waals surface area contributed by atoms with Gasteiger partial charge in [0, 0.05) is 47.2 Å². The van der Waals surface area contributed by atoms with Crippen molar-refractivity contribution in [2.24, 2.45) is 0 Å². The summed E-state index contributed by atoms with van der Waals surface area (Å²) in [7, 11) is -7.25. The quantitative estimate of drug-likeness (QED) is 0.101. The number of nitrogens with zero attached hydrogens (tertiary/aromatic N) is 5. The molecule has 0 spiro atoms. The molecule has 1 amide bonds. The predicted octanol–water partition coefficient (Wildman–Crippen LogP) is 5.37. The molecule has 4 aromatic heterocycles. The first-order valence-corrected chi connectivity index (χ1v) is 25.4. The van der Waals surface area contributed by atoms with Gasteiger partial charge in [0.1, 0.15) is 11.6 Å². The van der Waals surface area contributed by atoms with Gasteiger partial charge in [0.05, 0.1) is 52.4 Å². The van der Waals surface area contributed by atoms with E-state index >= 15 is 0 Å². The Hall–Kier alpha value is -6.46. The molecule has 2 fully saturated rings. The minimum atomic E-state index is -3.67. The third-order valence-corrected chi connectivity index (χ3v) is 12.6. The molecule has 360 valence electrons. The highest BCUT2D eigenvalue weighted by Crippen LogP contribution is 2.33. The third-order valence-electron chi connectivity index (χ3n) is 11.4.